The van der Waals surface area contributed by atoms with Crippen LogP contribution in [0.25, 0.3) is 0 Å². The number of hydrogen-bond donors (Lipinski definition) is 2. The lowest BCUT2D eigenvalue weighted by molar-refractivity contribution is 0.343. The number of sulfone groups is 2. The third kappa shape index (κ3) is 8.60. The minimum Gasteiger partial charge on any atom is -0.508 e. The molecule has 0 spiro atoms. The first kappa shape index (κ1) is 31.6. The topological polar surface area (TPSA) is 127 Å². The van der Waals surface area contributed by atoms with Crippen LogP contribution in [0, 0.1) is 0 Å². The molecular formula is C30H30O8S4. The van der Waals surface area contributed by atoms with Gasteiger partial charge in [-0.2, -0.15) is 23.5 Å². The smallest absolute Gasteiger partial charge is 0.206 e. The van der Waals surface area contributed by atoms with E-state index in [9.17, 15) is 27.0 Å². The second-order valence-corrected chi connectivity index (χ2v) is 15.2. The van der Waals surface area contributed by atoms with E-state index >= 15 is 0 Å². The molecule has 0 heterocycles. The van der Waals surface area contributed by atoms with Gasteiger partial charge in [-0.15, -0.1) is 0 Å². The summed E-state index contributed by atoms with van der Waals surface area (Å²) in [5.41, 5.74) is 0. The van der Waals surface area contributed by atoms with Crippen LogP contribution in [0.3, 0.4) is 0 Å². The second kappa shape index (κ2) is 14.7. The molecule has 222 valence electrons. The molecule has 0 amide bonds. The Balaban J connectivity index is 1.07. The van der Waals surface area contributed by atoms with Crippen molar-refractivity contribution in [2.75, 3.05) is 36.2 Å². The summed E-state index contributed by atoms with van der Waals surface area (Å²) in [5, 5.41) is 18.7. The fourth-order valence-electron chi connectivity index (χ4n) is 3.71. The van der Waals surface area contributed by atoms with E-state index in [1.54, 1.807) is 47.8 Å². The third-order valence-corrected chi connectivity index (χ3v) is 11.7. The summed E-state index contributed by atoms with van der Waals surface area (Å²) in [5.74, 6) is 4.69. The van der Waals surface area contributed by atoms with Gasteiger partial charge in [0.05, 0.1) is 32.8 Å². The third-order valence-electron chi connectivity index (χ3n) is 5.93. The van der Waals surface area contributed by atoms with Gasteiger partial charge < -0.3 is 19.7 Å². The van der Waals surface area contributed by atoms with E-state index in [1.807, 2.05) is 0 Å². The van der Waals surface area contributed by atoms with Crippen LogP contribution < -0.4 is 9.47 Å². The zero-order valence-corrected chi connectivity index (χ0v) is 25.7. The molecule has 0 aliphatic rings. The highest BCUT2D eigenvalue weighted by atomic mass is 32.2. The number of hydrogen-bond acceptors (Lipinski definition) is 10. The molecule has 4 aromatic rings. The molecule has 4 rings (SSSR count). The fourth-order valence-corrected chi connectivity index (χ4v) is 7.99. The Hall–Kier alpha value is -3.32. The van der Waals surface area contributed by atoms with Crippen molar-refractivity contribution in [2.24, 2.45) is 0 Å². The van der Waals surface area contributed by atoms with E-state index in [0.29, 0.717) is 24.7 Å². The zero-order valence-electron chi connectivity index (χ0n) is 22.5. The quantitative estimate of drug-likeness (QED) is 0.156. The lowest BCUT2D eigenvalue weighted by Gasteiger charge is -2.09. The molecule has 0 atom stereocenters. The molecule has 0 unspecified atom stereocenters. The Morgan fingerprint density at radius 2 is 0.738 bits per heavy atom. The maximum atomic E-state index is 12.7. The molecule has 0 fully saturated rings. The summed E-state index contributed by atoms with van der Waals surface area (Å²) in [6.07, 6.45) is 0. The lowest BCUT2D eigenvalue weighted by atomic mass is 10.3. The van der Waals surface area contributed by atoms with E-state index in [-0.39, 0.29) is 31.1 Å². The summed E-state index contributed by atoms with van der Waals surface area (Å²) in [6.45, 7) is 1.00. The summed E-state index contributed by atoms with van der Waals surface area (Å²) in [6, 6.07) is 23.4. The summed E-state index contributed by atoms with van der Waals surface area (Å²) in [4.78, 5) is 0.548. The van der Waals surface area contributed by atoms with Crippen LogP contribution in [0.2, 0.25) is 0 Å². The second-order valence-electron chi connectivity index (χ2n) is 8.86. The number of ether oxygens (including phenoxy) is 2. The van der Waals surface area contributed by atoms with E-state index in [4.69, 9.17) is 9.47 Å². The van der Waals surface area contributed by atoms with Crippen LogP contribution in [-0.4, -0.2) is 63.3 Å². The number of aromatic hydroxyl groups is 2. The average molecular weight is 647 g/mol. The monoisotopic (exact) mass is 646 g/mol. The van der Waals surface area contributed by atoms with Crippen molar-refractivity contribution in [3.8, 4) is 23.0 Å². The summed E-state index contributed by atoms with van der Waals surface area (Å²) >= 11 is 3.52. The zero-order chi connectivity index (χ0) is 30.0. The maximum absolute atomic E-state index is 12.7. The lowest BCUT2D eigenvalue weighted by Crippen LogP contribution is -2.04. The first-order valence-corrected chi connectivity index (χ1v) is 18.1. The van der Waals surface area contributed by atoms with Gasteiger partial charge in [0.2, 0.25) is 19.7 Å². The number of phenolic OH excluding ortho intramolecular Hbond substituents is 2. The van der Waals surface area contributed by atoms with Crippen molar-refractivity contribution in [2.45, 2.75) is 19.6 Å². The Morgan fingerprint density at radius 3 is 1.05 bits per heavy atom. The van der Waals surface area contributed by atoms with E-state index in [1.165, 1.54) is 72.8 Å². The van der Waals surface area contributed by atoms with Crippen molar-refractivity contribution in [3.05, 3.63) is 97.1 Å². The molecule has 0 saturated carbocycles. The van der Waals surface area contributed by atoms with Crippen LogP contribution in [0.15, 0.2) is 117 Å². The molecule has 0 aliphatic heterocycles. The van der Waals surface area contributed by atoms with Gasteiger partial charge in [-0.1, -0.05) is 0 Å². The van der Waals surface area contributed by atoms with Crippen LogP contribution in [0.4, 0.5) is 0 Å². The number of phenols is 2. The molecule has 12 heteroatoms. The Morgan fingerprint density at radius 1 is 0.452 bits per heavy atom. The minimum absolute atomic E-state index is 0.00674. The molecule has 4 aromatic carbocycles. The molecule has 0 radical (unpaired) electrons. The van der Waals surface area contributed by atoms with Gasteiger partial charge in [0.15, 0.2) is 0 Å². The Bertz CT molecular complexity index is 1510. The van der Waals surface area contributed by atoms with Crippen LogP contribution in [0.5, 0.6) is 23.0 Å². The van der Waals surface area contributed by atoms with E-state index in [2.05, 4.69) is 0 Å². The van der Waals surface area contributed by atoms with Crippen molar-refractivity contribution >= 4 is 43.2 Å². The van der Waals surface area contributed by atoms with Crippen molar-refractivity contribution < 1.29 is 36.5 Å². The van der Waals surface area contributed by atoms with Gasteiger partial charge in [0.25, 0.3) is 0 Å². The normalized spacial score (nSPS) is 11.7. The van der Waals surface area contributed by atoms with E-state index < -0.39 is 19.7 Å². The predicted molar refractivity (Wildman–Crippen MR) is 166 cm³/mol. The van der Waals surface area contributed by atoms with Gasteiger partial charge in [0.1, 0.15) is 23.0 Å². The fraction of sp³-hybridized carbons (Fsp3) is 0.200. The standard InChI is InChI=1S/C30H30O8S4/c31-23-1-9-27(10-2-23)41(33,34)29-13-5-25(6-14-29)37-17-19-39-21-22-40-20-18-38-26-7-15-30(16-8-26)42(35,36)28-11-3-24(32)4-12-28/h1-16,31-32H,17-22H2. The van der Waals surface area contributed by atoms with Gasteiger partial charge >= 0.3 is 0 Å². The van der Waals surface area contributed by atoms with Crippen molar-refractivity contribution in [3.63, 3.8) is 0 Å². The molecule has 2 N–H and O–H groups in total. The Kier molecular flexibility index (Phi) is 11.1. The molecule has 42 heavy (non-hydrogen) atoms. The SMILES string of the molecule is O=S(=O)(c1ccc(O)cc1)c1ccc(OCCSCCSCCOc2ccc(S(=O)(=O)c3ccc(O)cc3)cc2)cc1. The van der Waals surface area contributed by atoms with Crippen LogP contribution in [0.1, 0.15) is 0 Å². The molecule has 8 nitrogen and oxygen atoms in total. The molecule has 0 saturated heterocycles. The summed E-state index contributed by atoms with van der Waals surface area (Å²) in [7, 11) is -7.32. The van der Waals surface area contributed by atoms with Crippen molar-refractivity contribution in [1.82, 2.24) is 0 Å². The first-order chi connectivity index (χ1) is 20.2. The molecular weight excluding hydrogens is 617 g/mol. The van der Waals surface area contributed by atoms with Gasteiger partial charge in [0, 0.05) is 23.0 Å². The maximum Gasteiger partial charge on any atom is 0.206 e. The predicted octanol–water partition coefficient (Wildman–Crippen LogP) is 5.69. The molecule has 0 bridgehead atoms. The van der Waals surface area contributed by atoms with E-state index in [0.717, 1.165) is 23.0 Å². The first-order valence-electron chi connectivity index (χ1n) is 12.9. The number of rotatable bonds is 15. The minimum atomic E-state index is -3.66. The van der Waals surface area contributed by atoms with Gasteiger partial charge in [-0.25, -0.2) is 16.8 Å². The largest absolute Gasteiger partial charge is 0.508 e. The number of benzene rings is 4. The highest BCUT2D eigenvalue weighted by Gasteiger charge is 2.18. The Labute approximate surface area is 254 Å². The van der Waals surface area contributed by atoms with Crippen LogP contribution in [-0.2, 0) is 19.7 Å². The average Bonchev–Trinajstić information content (AvgIpc) is 2.99. The molecule has 0 aliphatic carbocycles. The highest BCUT2D eigenvalue weighted by molar-refractivity contribution is 8.02. The van der Waals surface area contributed by atoms with Gasteiger partial charge in [-0.05, 0) is 97.1 Å². The van der Waals surface area contributed by atoms with Gasteiger partial charge in [-0.3, -0.25) is 0 Å². The van der Waals surface area contributed by atoms with Crippen LogP contribution >= 0.6 is 23.5 Å². The molecule has 0 aromatic heterocycles. The number of thioether (sulfide) groups is 2. The van der Waals surface area contributed by atoms with Crippen molar-refractivity contribution in [1.29, 1.82) is 0 Å². The summed E-state index contributed by atoms with van der Waals surface area (Å²) < 4.78 is 62.2. The highest BCUT2D eigenvalue weighted by Crippen LogP contribution is 2.26.